The summed E-state index contributed by atoms with van der Waals surface area (Å²) in [4.78, 5) is 11.2. The van der Waals surface area contributed by atoms with Gasteiger partial charge in [-0.05, 0) is 33.3 Å². The van der Waals surface area contributed by atoms with Crippen molar-refractivity contribution in [1.29, 1.82) is 0 Å². The van der Waals surface area contributed by atoms with E-state index in [1.807, 2.05) is 13.8 Å². The first kappa shape index (κ1) is 17.7. The molecular formula is C14H24N2O4S. The van der Waals surface area contributed by atoms with Crippen LogP contribution in [0.25, 0.3) is 0 Å². The van der Waals surface area contributed by atoms with Crippen molar-refractivity contribution >= 4 is 16.0 Å². The van der Waals surface area contributed by atoms with Gasteiger partial charge in [0.25, 0.3) is 0 Å². The average Bonchev–Trinajstić information content (AvgIpc) is 2.81. The molecule has 0 fully saturated rings. The summed E-state index contributed by atoms with van der Waals surface area (Å²) >= 11 is 0. The van der Waals surface area contributed by atoms with Gasteiger partial charge >= 0.3 is 5.97 Å². The van der Waals surface area contributed by atoms with Crippen LogP contribution in [0.2, 0.25) is 0 Å². The van der Waals surface area contributed by atoms with Crippen molar-refractivity contribution in [3.63, 3.8) is 0 Å². The van der Waals surface area contributed by atoms with E-state index in [2.05, 4.69) is 4.72 Å². The number of unbranched alkanes of at least 4 members (excludes halogenated alkanes) is 1. The lowest BCUT2D eigenvalue weighted by Crippen LogP contribution is -2.32. The van der Waals surface area contributed by atoms with Crippen molar-refractivity contribution in [2.75, 3.05) is 0 Å². The number of hydrogen-bond acceptors (Lipinski definition) is 3. The molecule has 0 saturated carbocycles. The fourth-order valence-corrected chi connectivity index (χ4v) is 3.40. The lowest BCUT2D eigenvalue weighted by Gasteiger charge is -2.13. The highest BCUT2D eigenvalue weighted by molar-refractivity contribution is 7.89. The molecule has 1 aromatic rings. The van der Waals surface area contributed by atoms with Gasteiger partial charge in [0.15, 0.2) is 0 Å². The number of nitrogens with one attached hydrogen (secondary N) is 1. The number of carboxylic acid groups (broad SMARTS) is 1. The van der Waals surface area contributed by atoms with Crippen LogP contribution in [0, 0.1) is 0 Å². The Morgan fingerprint density at radius 3 is 2.43 bits per heavy atom. The fraction of sp³-hybridized carbons (Fsp3) is 0.643. The zero-order chi connectivity index (χ0) is 16.2. The van der Waals surface area contributed by atoms with Gasteiger partial charge in [0.05, 0.1) is 0 Å². The number of hydrogen-bond donors (Lipinski definition) is 2. The van der Waals surface area contributed by atoms with Crippen molar-refractivity contribution < 1.29 is 18.3 Å². The summed E-state index contributed by atoms with van der Waals surface area (Å²) in [5, 5.41) is 9.16. The molecule has 0 aliphatic rings. The Labute approximate surface area is 126 Å². The minimum Gasteiger partial charge on any atom is -0.477 e. The minimum absolute atomic E-state index is 0.00283. The lowest BCUT2D eigenvalue weighted by atomic mass is 10.2. The molecular weight excluding hydrogens is 292 g/mol. The third kappa shape index (κ3) is 4.57. The second-order valence-electron chi connectivity index (χ2n) is 5.53. The number of nitrogens with zero attached hydrogens (tertiary/aromatic N) is 1. The molecule has 0 aliphatic carbocycles. The van der Waals surface area contributed by atoms with Gasteiger partial charge in [-0.25, -0.2) is 17.9 Å². The molecule has 0 bridgehead atoms. The molecule has 0 aliphatic heterocycles. The Bertz CT molecular complexity index is 590. The van der Waals surface area contributed by atoms with Crippen molar-refractivity contribution in [1.82, 2.24) is 9.29 Å². The monoisotopic (exact) mass is 316 g/mol. The van der Waals surface area contributed by atoms with E-state index in [9.17, 15) is 13.2 Å². The number of carbonyl (C=O) groups is 1. The number of rotatable bonds is 8. The standard InChI is InChI=1S/C14H24N2O4S/c1-5-6-7-11(4)15-21(19,20)12-8-13(14(17)18)16(9-12)10(2)3/h8-11,15H,5-7H2,1-4H3,(H,17,18). The summed E-state index contributed by atoms with van der Waals surface area (Å²) < 4.78 is 28.6. The zero-order valence-corrected chi connectivity index (χ0v) is 13.8. The maximum absolute atomic E-state index is 12.3. The largest absolute Gasteiger partial charge is 0.477 e. The topological polar surface area (TPSA) is 88.4 Å². The minimum atomic E-state index is -3.69. The quantitative estimate of drug-likeness (QED) is 0.771. The Hall–Kier alpha value is -1.34. The van der Waals surface area contributed by atoms with Gasteiger partial charge in [-0.15, -0.1) is 0 Å². The van der Waals surface area contributed by atoms with E-state index in [1.165, 1.54) is 16.8 Å². The van der Waals surface area contributed by atoms with E-state index in [4.69, 9.17) is 5.11 Å². The number of aromatic carboxylic acids is 1. The predicted octanol–water partition coefficient (Wildman–Crippen LogP) is 2.62. The molecule has 0 aromatic carbocycles. The Morgan fingerprint density at radius 1 is 1.38 bits per heavy atom. The van der Waals surface area contributed by atoms with Crippen LogP contribution in [-0.4, -0.2) is 30.1 Å². The van der Waals surface area contributed by atoms with Gasteiger partial charge in [0, 0.05) is 18.3 Å². The van der Waals surface area contributed by atoms with Crippen LogP contribution in [0.15, 0.2) is 17.2 Å². The molecule has 0 amide bonds. The van der Waals surface area contributed by atoms with E-state index in [-0.39, 0.29) is 22.7 Å². The SMILES string of the molecule is CCCCC(C)NS(=O)(=O)c1cc(C(=O)O)n(C(C)C)c1. The molecule has 1 atom stereocenters. The van der Waals surface area contributed by atoms with E-state index < -0.39 is 16.0 Å². The highest BCUT2D eigenvalue weighted by atomic mass is 32.2. The first-order chi connectivity index (χ1) is 9.69. The normalized spacial score (nSPS) is 13.6. The Morgan fingerprint density at radius 2 is 2.00 bits per heavy atom. The molecule has 0 spiro atoms. The van der Waals surface area contributed by atoms with E-state index in [1.54, 1.807) is 13.8 Å². The number of aromatic nitrogens is 1. The first-order valence-corrected chi connectivity index (χ1v) is 8.64. The molecule has 7 heteroatoms. The van der Waals surface area contributed by atoms with Crippen molar-refractivity contribution in [3.8, 4) is 0 Å². The van der Waals surface area contributed by atoms with Gasteiger partial charge in [-0.1, -0.05) is 19.8 Å². The summed E-state index contributed by atoms with van der Waals surface area (Å²) in [6.45, 7) is 7.47. The van der Waals surface area contributed by atoms with Crippen molar-refractivity contribution in [2.45, 2.75) is 63.9 Å². The molecule has 0 saturated heterocycles. The fourth-order valence-electron chi connectivity index (χ4n) is 2.10. The summed E-state index contributed by atoms with van der Waals surface area (Å²) in [6.07, 6.45) is 4.07. The second-order valence-corrected chi connectivity index (χ2v) is 7.25. The van der Waals surface area contributed by atoms with Crippen LogP contribution in [0.4, 0.5) is 0 Å². The lowest BCUT2D eigenvalue weighted by molar-refractivity contribution is 0.0683. The molecule has 120 valence electrons. The van der Waals surface area contributed by atoms with E-state index in [0.717, 1.165) is 19.3 Å². The highest BCUT2D eigenvalue weighted by Gasteiger charge is 2.23. The number of sulfonamides is 1. The molecule has 1 rings (SSSR count). The molecule has 1 heterocycles. The first-order valence-electron chi connectivity index (χ1n) is 7.16. The average molecular weight is 316 g/mol. The van der Waals surface area contributed by atoms with E-state index >= 15 is 0 Å². The van der Waals surface area contributed by atoms with Gasteiger partial charge < -0.3 is 9.67 Å². The van der Waals surface area contributed by atoms with Gasteiger partial charge in [0.2, 0.25) is 10.0 Å². The Balaban J connectivity index is 3.03. The van der Waals surface area contributed by atoms with Crippen molar-refractivity contribution in [2.24, 2.45) is 0 Å². The molecule has 21 heavy (non-hydrogen) atoms. The third-order valence-corrected chi connectivity index (χ3v) is 4.81. The summed E-state index contributed by atoms with van der Waals surface area (Å²) in [7, 11) is -3.69. The van der Waals surface area contributed by atoms with Gasteiger partial charge in [0.1, 0.15) is 10.6 Å². The molecule has 2 N–H and O–H groups in total. The number of carboxylic acids is 1. The van der Waals surface area contributed by atoms with Crippen LogP contribution in [0.5, 0.6) is 0 Å². The van der Waals surface area contributed by atoms with Crippen LogP contribution < -0.4 is 4.72 Å². The van der Waals surface area contributed by atoms with Crippen LogP contribution in [-0.2, 0) is 10.0 Å². The second kappa shape index (κ2) is 7.09. The maximum Gasteiger partial charge on any atom is 0.352 e. The van der Waals surface area contributed by atoms with Gasteiger partial charge in [-0.3, -0.25) is 0 Å². The van der Waals surface area contributed by atoms with Crippen LogP contribution in [0.3, 0.4) is 0 Å². The van der Waals surface area contributed by atoms with Crippen LogP contribution in [0.1, 0.15) is 63.5 Å². The smallest absolute Gasteiger partial charge is 0.352 e. The summed E-state index contributed by atoms with van der Waals surface area (Å²) in [5.74, 6) is -1.14. The van der Waals surface area contributed by atoms with E-state index in [0.29, 0.717) is 0 Å². The molecule has 1 aromatic heterocycles. The summed E-state index contributed by atoms with van der Waals surface area (Å²) in [5.41, 5.74) is -0.0217. The van der Waals surface area contributed by atoms with Crippen molar-refractivity contribution in [3.05, 3.63) is 18.0 Å². The highest BCUT2D eigenvalue weighted by Crippen LogP contribution is 2.19. The van der Waals surface area contributed by atoms with Crippen LogP contribution >= 0.6 is 0 Å². The molecule has 0 radical (unpaired) electrons. The zero-order valence-electron chi connectivity index (χ0n) is 13.0. The summed E-state index contributed by atoms with van der Waals surface area (Å²) in [6, 6.07) is 0.903. The van der Waals surface area contributed by atoms with Gasteiger partial charge in [-0.2, -0.15) is 0 Å². The third-order valence-electron chi connectivity index (χ3n) is 3.26. The maximum atomic E-state index is 12.3. The Kier molecular flexibility index (Phi) is 5.98. The molecule has 6 nitrogen and oxygen atoms in total. The molecule has 1 unspecified atom stereocenters. The predicted molar refractivity (Wildman–Crippen MR) is 81.1 cm³/mol.